The molecule has 0 spiro atoms. The number of aromatic nitrogens is 1. The molecule has 1 aromatic heterocycles. The van der Waals surface area contributed by atoms with Gasteiger partial charge in [0.05, 0.1) is 9.50 Å². The van der Waals surface area contributed by atoms with Crippen molar-refractivity contribution < 1.29 is 9.13 Å². The molecule has 0 radical (unpaired) electrons. The smallest absolute Gasteiger partial charge is 0.145 e. The summed E-state index contributed by atoms with van der Waals surface area (Å²) in [5, 5.41) is 0.0264. The summed E-state index contributed by atoms with van der Waals surface area (Å²) in [5.41, 5.74) is 5.51. The summed E-state index contributed by atoms with van der Waals surface area (Å²) in [4.78, 5) is 3.83. The number of anilines is 1. The Balaban J connectivity index is 2.33. The molecular formula is C11H7BrClFN2O. The number of ether oxygens (including phenoxy) is 1. The van der Waals surface area contributed by atoms with Crippen molar-refractivity contribution in [3.8, 4) is 11.5 Å². The number of nitrogens with zero attached hydrogens (tertiary/aromatic N) is 1. The molecule has 0 unspecified atom stereocenters. The predicted octanol–water partition coefficient (Wildman–Crippen LogP) is 4.01. The lowest BCUT2D eigenvalue weighted by atomic mass is 10.3. The topological polar surface area (TPSA) is 48.1 Å². The highest BCUT2D eigenvalue weighted by Gasteiger charge is 2.09. The molecule has 0 bridgehead atoms. The highest BCUT2D eigenvalue weighted by atomic mass is 79.9. The molecule has 0 aliphatic carbocycles. The van der Waals surface area contributed by atoms with E-state index in [9.17, 15) is 4.39 Å². The van der Waals surface area contributed by atoms with Crippen molar-refractivity contribution >= 4 is 33.3 Å². The fourth-order valence-electron chi connectivity index (χ4n) is 1.20. The minimum atomic E-state index is -0.549. The van der Waals surface area contributed by atoms with Crippen LogP contribution in [-0.2, 0) is 0 Å². The zero-order chi connectivity index (χ0) is 12.4. The van der Waals surface area contributed by atoms with E-state index in [0.29, 0.717) is 21.8 Å². The SMILES string of the molecule is Nc1cc(Oc2cc(F)c(Cl)cc2Br)ccn1. The average Bonchev–Trinajstić information content (AvgIpc) is 2.26. The summed E-state index contributed by atoms with van der Waals surface area (Å²) < 4.78 is 19.3. The van der Waals surface area contributed by atoms with Gasteiger partial charge in [0.2, 0.25) is 0 Å². The summed E-state index contributed by atoms with van der Waals surface area (Å²) in [6.07, 6.45) is 1.50. The third kappa shape index (κ3) is 2.87. The van der Waals surface area contributed by atoms with Gasteiger partial charge in [-0.1, -0.05) is 11.6 Å². The maximum Gasteiger partial charge on any atom is 0.145 e. The highest BCUT2D eigenvalue weighted by Crippen LogP contribution is 2.33. The summed E-state index contributed by atoms with van der Waals surface area (Å²) in [6.45, 7) is 0. The molecule has 0 atom stereocenters. The molecule has 17 heavy (non-hydrogen) atoms. The molecule has 0 aliphatic rings. The zero-order valence-electron chi connectivity index (χ0n) is 8.45. The van der Waals surface area contributed by atoms with Crippen molar-refractivity contribution in [2.24, 2.45) is 0 Å². The molecule has 2 aromatic rings. The molecule has 0 aliphatic heterocycles. The Morgan fingerprint density at radius 3 is 2.82 bits per heavy atom. The van der Waals surface area contributed by atoms with Crippen LogP contribution in [0.3, 0.4) is 0 Å². The van der Waals surface area contributed by atoms with Crippen molar-refractivity contribution in [3.63, 3.8) is 0 Å². The van der Waals surface area contributed by atoms with Gasteiger partial charge in [-0.25, -0.2) is 9.37 Å². The van der Waals surface area contributed by atoms with E-state index in [1.807, 2.05) is 0 Å². The highest BCUT2D eigenvalue weighted by molar-refractivity contribution is 9.10. The van der Waals surface area contributed by atoms with Crippen molar-refractivity contribution in [3.05, 3.63) is 45.8 Å². The van der Waals surface area contributed by atoms with E-state index in [1.165, 1.54) is 18.3 Å². The van der Waals surface area contributed by atoms with E-state index >= 15 is 0 Å². The van der Waals surface area contributed by atoms with E-state index in [0.717, 1.165) is 0 Å². The number of pyridine rings is 1. The number of benzene rings is 1. The first-order valence-corrected chi connectivity index (χ1v) is 5.77. The van der Waals surface area contributed by atoms with Gasteiger partial charge >= 0.3 is 0 Å². The summed E-state index contributed by atoms with van der Waals surface area (Å²) >= 11 is 8.86. The van der Waals surface area contributed by atoms with Crippen LogP contribution in [0.25, 0.3) is 0 Å². The van der Waals surface area contributed by atoms with Gasteiger partial charge in [0.15, 0.2) is 0 Å². The van der Waals surface area contributed by atoms with Crippen LogP contribution in [-0.4, -0.2) is 4.98 Å². The number of nitrogens with two attached hydrogens (primary N) is 1. The Hall–Kier alpha value is -1.33. The van der Waals surface area contributed by atoms with Crippen LogP contribution >= 0.6 is 27.5 Å². The number of hydrogen-bond acceptors (Lipinski definition) is 3. The lowest BCUT2D eigenvalue weighted by molar-refractivity contribution is 0.473. The molecule has 2 rings (SSSR count). The molecule has 88 valence electrons. The van der Waals surface area contributed by atoms with Crippen LogP contribution in [0.2, 0.25) is 5.02 Å². The normalized spacial score (nSPS) is 10.3. The zero-order valence-corrected chi connectivity index (χ0v) is 10.8. The van der Waals surface area contributed by atoms with Gasteiger partial charge in [-0.2, -0.15) is 0 Å². The molecule has 0 fully saturated rings. The maximum atomic E-state index is 13.3. The standard InChI is InChI=1S/C11H7BrClFN2O/c12-7-4-8(13)9(14)5-10(7)17-6-1-2-16-11(15)3-6/h1-5H,(H2,15,16). The molecule has 0 amide bonds. The van der Waals surface area contributed by atoms with E-state index < -0.39 is 5.82 Å². The van der Waals surface area contributed by atoms with Crippen LogP contribution in [0, 0.1) is 5.82 Å². The maximum absolute atomic E-state index is 13.3. The molecule has 1 aromatic carbocycles. The fraction of sp³-hybridized carbons (Fsp3) is 0. The quantitative estimate of drug-likeness (QED) is 0.851. The largest absolute Gasteiger partial charge is 0.456 e. The molecular weight excluding hydrogens is 310 g/mol. The second-order valence-electron chi connectivity index (χ2n) is 3.22. The van der Waals surface area contributed by atoms with Crippen LogP contribution in [0.5, 0.6) is 11.5 Å². The monoisotopic (exact) mass is 316 g/mol. The third-order valence-electron chi connectivity index (χ3n) is 1.96. The molecule has 6 heteroatoms. The van der Waals surface area contributed by atoms with Crippen molar-refractivity contribution in [1.29, 1.82) is 0 Å². The van der Waals surface area contributed by atoms with Crippen molar-refractivity contribution in [2.45, 2.75) is 0 Å². The lowest BCUT2D eigenvalue weighted by Gasteiger charge is -2.08. The third-order valence-corrected chi connectivity index (χ3v) is 2.86. The van der Waals surface area contributed by atoms with Crippen LogP contribution in [0.15, 0.2) is 34.9 Å². The number of hydrogen-bond donors (Lipinski definition) is 1. The lowest BCUT2D eigenvalue weighted by Crippen LogP contribution is -1.92. The summed E-state index contributed by atoms with van der Waals surface area (Å²) in [5.74, 6) is 0.567. The van der Waals surface area contributed by atoms with Gasteiger partial charge in [-0.15, -0.1) is 0 Å². The molecule has 0 saturated heterocycles. The van der Waals surface area contributed by atoms with E-state index in [-0.39, 0.29) is 5.02 Å². The second-order valence-corrected chi connectivity index (χ2v) is 4.48. The van der Waals surface area contributed by atoms with Gasteiger partial charge in [0.1, 0.15) is 23.1 Å². The first-order chi connectivity index (χ1) is 8.06. The second kappa shape index (κ2) is 4.89. The minimum Gasteiger partial charge on any atom is -0.456 e. The van der Waals surface area contributed by atoms with Crippen LogP contribution < -0.4 is 10.5 Å². The molecule has 1 heterocycles. The Labute approximate surface area is 110 Å². The molecule has 0 saturated carbocycles. The number of rotatable bonds is 2. The number of halogens is 3. The molecule has 2 N–H and O–H groups in total. The van der Waals surface area contributed by atoms with Gasteiger partial charge in [0, 0.05) is 18.3 Å². The summed E-state index contributed by atoms with van der Waals surface area (Å²) in [6, 6.07) is 5.79. The van der Waals surface area contributed by atoms with Crippen molar-refractivity contribution in [2.75, 3.05) is 5.73 Å². The van der Waals surface area contributed by atoms with Gasteiger partial charge in [0.25, 0.3) is 0 Å². The Bertz CT molecular complexity index is 565. The first-order valence-electron chi connectivity index (χ1n) is 4.60. The van der Waals surface area contributed by atoms with E-state index in [1.54, 1.807) is 12.1 Å². The van der Waals surface area contributed by atoms with Crippen LogP contribution in [0.1, 0.15) is 0 Å². The summed E-state index contributed by atoms with van der Waals surface area (Å²) in [7, 11) is 0. The Morgan fingerprint density at radius 2 is 2.12 bits per heavy atom. The van der Waals surface area contributed by atoms with E-state index in [4.69, 9.17) is 22.1 Å². The van der Waals surface area contributed by atoms with E-state index in [2.05, 4.69) is 20.9 Å². The average molecular weight is 318 g/mol. The first kappa shape index (κ1) is 12.1. The van der Waals surface area contributed by atoms with Gasteiger partial charge in [-0.3, -0.25) is 0 Å². The fourth-order valence-corrected chi connectivity index (χ4v) is 1.92. The Kier molecular flexibility index (Phi) is 3.49. The molecule has 3 nitrogen and oxygen atoms in total. The predicted molar refractivity (Wildman–Crippen MR) is 67.8 cm³/mol. The Morgan fingerprint density at radius 1 is 1.35 bits per heavy atom. The van der Waals surface area contributed by atoms with Crippen LogP contribution in [0.4, 0.5) is 10.2 Å². The number of nitrogen functional groups attached to an aromatic ring is 1. The van der Waals surface area contributed by atoms with Gasteiger partial charge < -0.3 is 10.5 Å². The van der Waals surface area contributed by atoms with Gasteiger partial charge in [-0.05, 0) is 28.1 Å². The van der Waals surface area contributed by atoms with Crippen molar-refractivity contribution in [1.82, 2.24) is 4.98 Å². The minimum absolute atomic E-state index is 0.0264.